The molecule has 1 aliphatic heterocycles. The van der Waals surface area contributed by atoms with Gasteiger partial charge in [0.05, 0.1) is 6.04 Å². The summed E-state index contributed by atoms with van der Waals surface area (Å²) in [6.07, 6.45) is 4.65. The predicted octanol–water partition coefficient (Wildman–Crippen LogP) is 6.79. The molecule has 1 N–H and O–H groups in total. The van der Waals surface area contributed by atoms with Gasteiger partial charge in [0.25, 0.3) is 5.91 Å². The fraction of sp³-hybridized carbons (Fsp3) is 0.320. The van der Waals surface area contributed by atoms with Crippen LogP contribution in [0.5, 0.6) is 0 Å². The number of halogens is 1. The Morgan fingerprint density at radius 1 is 1.07 bits per heavy atom. The minimum Gasteiger partial charge on any atom is -0.313 e. The van der Waals surface area contributed by atoms with E-state index in [0.717, 1.165) is 29.5 Å². The van der Waals surface area contributed by atoms with E-state index in [9.17, 15) is 4.79 Å². The van der Waals surface area contributed by atoms with E-state index in [4.69, 9.17) is 11.6 Å². The molecule has 0 bridgehead atoms. The van der Waals surface area contributed by atoms with Gasteiger partial charge in [-0.2, -0.15) is 0 Å². The predicted molar refractivity (Wildman–Crippen MR) is 127 cm³/mol. The topological polar surface area (TPSA) is 32.3 Å². The lowest BCUT2D eigenvalue weighted by molar-refractivity contribution is 0.102. The molecule has 2 aromatic carbocycles. The molecular formula is C25H27ClN2OS. The summed E-state index contributed by atoms with van der Waals surface area (Å²) in [4.78, 5) is 16.7. The summed E-state index contributed by atoms with van der Waals surface area (Å²) in [5.41, 5.74) is 3.08. The smallest absolute Gasteiger partial charge is 0.256 e. The molecule has 0 radical (unpaired) electrons. The van der Waals surface area contributed by atoms with E-state index >= 15 is 0 Å². The van der Waals surface area contributed by atoms with Gasteiger partial charge in [0.15, 0.2) is 0 Å². The number of amides is 1. The van der Waals surface area contributed by atoms with Crippen LogP contribution in [-0.4, -0.2) is 23.9 Å². The van der Waals surface area contributed by atoms with Crippen molar-refractivity contribution >= 4 is 33.8 Å². The molecule has 1 atom stereocenters. The van der Waals surface area contributed by atoms with Crippen LogP contribution in [0.3, 0.4) is 0 Å². The molecule has 1 fully saturated rings. The average Bonchev–Trinajstić information content (AvgIpc) is 3.19. The quantitative estimate of drug-likeness (QED) is 0.459. The molecule has 4 rings (SSSR count). The van der Waals surface area contributed by atoms with Crippen molar-refractivity contribution in [3.05, 3.63) is 87.3 Å². The average molecular weight is 439 g/mol. The van der Waals surface area contributed by atoms with E-state index in [1.54, 1.807) is 11.3 Å². The van der Waals surface area contributed by atoms with Crippen LogP contribution in [0.1, 0.15) is 58.6 Å². The molecule has 1 unspecified atom stereocenters. The monoisotopic (exact) mass is 438 g/mol. The molecular weight excluding hydrogens is 412 g/mol. The van der Waals surface area contributed by atoms with Crippen LogP contribution in [0.4, 0.5) is 5.00 Å². The molecule has 1 aliphatic rings. The SMILES string of the molecule is CCc1cc(C(c2ccc(Cl)cc2)N2CCCCC2)c(NC(=O)c2ccccc2)s1. The molecule has 5 heteroatoms. The van der Waals surface area contributed by atoms with E-state index in [1.165, 1.54) is 35.3 Å². The third-order valence-electron chi connectivity index (χ3n) is 5.66. The first-order chi connectivity index (χ1) is 14.7. The van der Waals surface area contributed by atoms with Gasteiger partial charge in [0.2, 0.25) is 0 Å². The van der Waals surface area contributed by atoms with Crippen LogP contribution in [0.2, 0.25) is 5.02 Å². The van der Waals surface area contributed by atoms with E-state index < -0.39 is 0 Å². The van der Waals surface area contributed by atoms with Gasteiger partial charge in [-0.1, -0.05) is 55.3 Å². The Labute approximate surface area is 187 Å². The maximum Gasteiger partial charge on any atom is 0.256 e. The Kier molecular flexibility index (Phi) is 6.88. The number of carbonyl (C=O) groups is 1. The number of thiophene rings is 1. The van der Waals surface area contributed by atoms with Gasteiger partial charge >= 0.3 is 0 Å². The van der Waals surface area contributed by atoms with Crippen molar-refractivity contribution in [3.63, 3.8) is 0 Å². The first-order valence-corrected chi connectivity index (χ1v) is 11.8. The minimum atomic E-state index is -0.0603. The Morgan fingerprint density at radius 2 is 1.77 bits per heavy atom. The van der Waals surface area contributed by atoms with Gasteiger partial charge in [-0.05, 0) is 68.2 Å². The van der Waals surface area contributed by atoms with Gasteiger partial charge in [-0.25, -0.2) is 0 Å². The highest BCUT2D eigenvalue weighted by molar-refractivity contribution is 7.16. The largest absolute Gasteiger partial charge is 0.313 e. The van der Waals surface area contributed by atoms with E-state index in [2.05, 4.69) is 35.3 Å². The van der Waals surface area contributed by atoms with Crippen LogP contribution >= 0.6 is 22.9 Å². The van der Waals surface area contributed by atoms with Crippen molar-refractivity contribution in [2.75, 3.05) is 18.4 Å². The molecule has 1 aromatic heterocycles. The summed E-state index contributed by atoms with van der Waals surface area (Å²) in [5.74, 6) is -0.0603. The number of carbonyl (C=O) groups excluding carboxylic acids is 1. The lowest BCUT2D eigenvalue weighted by Crippen LogP contribution is -2.34. The van der Waals surface area contributed by atoms with Crippen molar-refractivity contribution in [2.45, 2.75) is 38.6 Å². The molecule has 0 aliphatic carbocycles. The third-order valence-corrected chi connectivity index (χ3v) is 7.12. The fourth-order valence-corrected chi connectivity index (χ4v) is 5.26. The van der Waals surface area contributed by atoms with Crippen LogP contribution in [-0.2, 0) is 6.42 Å². The van der Waals surface area contributed by atoms with Crippen molar-refractivity contribution < 1.29 is 4.79 Å². The third kappa shape index (κ3) is 4.77. The van der Waals surface area contributed by atoms with Crippen molar-refractivity contribution in [3.8, 4) is 0 Å². The number of hydrogen-bond acceptors (Lipinski definition) is 3. The molecule has 2 heterocycles. The summed E-state index contributed by atoms with van der Waals surface area (Å²) in [7, 11) is 0. The molecule has 3 nitrogen and oxygen atoms in total. The van der Waals surface area contributed by atoms with Gasteiger partial charge in [0, 0.05) is 21.0 Å². The van der Waals surface area contributed by atoms with E-state index in [0.29, 0.717) is 5.56 Å². The van der Waals surface area contributed by atoms with Crippen LogP contribution in [0.15, 0.2) is 60.7 Å². The molecule has 156 valence electrons. The number of rotatable bonds is 6. The zero-order chi connectivity index (χ0) is 20.9. The summed E-state index contributed by atoms with van der Waals surface area (Å²) < 4.78 is 0. The maximum atomic E-state index is 12.9. The summed E-state index contributed by atoms with van der Waals surface area (Å²) in [6, 6.07) is 20.0. The molecule has 1 saturated heterocycles. The maximum absolute atomic E-state index is 12.9. The first kappa shape index (κ1) is 21.1. The van der Waals surface area contributed by atoms with Gasteiger partial charge < -0.3 is 5.32 Å². The molecule has 0 saturated carbocycles. The Balaban J connectivity index is 1.73. The number of hydrogen-bond donors (Lipinski definition) is 1. The van der Waals surface area contributed by atoms with Gasteiger partial charge in [0.1, 0.15) is 5.00 Å². The number of benzene rings is 2. The number of likely N-dealkylation sites (tertiary alicyclic amines) is 1. The Bertz CT molecular complexity index is 978. The van der Waals surface area contributed by atoms with Crippen LogP contribution in [0, 0.1) is 0 Å². The van der Waals surface area contributed by atoms with Gasteiger partial charge in [-0.3, -0.25) is 9.69 Å². The highest BCUT2D eigenvalue weighted by Crippen LogP contribution is 2.40. The minimum absolute atomic E-state index is 0.0603. The van der Waals surface area contributed by atoms with Gasteiger partial charge in [-0.15, -0.1) is 11.3 Å². The fourth-order valence-electron chi connectivity index (χ4n) is 4.11. The number of nitrogens with one attached hydrogen (secondary N) is 1. The molecule has 30 heavy (non-hydrogen) atoms. The number of nitrogens with zero attached hydrogens (tertiary/aromatic N) is 1. The van der Waals surface area contributed by atoms with Crippen LogP contribution < -0.4 is 5.32 Å². The summed E-state index contributed by atoms with van der Waals surface area (Å²) in [5, 5.41) is 4.90. The van der Waals surface area contributed by atoms with E-state index in [-0.39, 0.29) is 11.9 Å². The number of aryl methyl sites for hydroxylation is 1. The summed E-state index contributed by atoms with van der Waals surface area (Å²) >= 11 is 7.86. The second kappa shape index (κ2) is 9.78. The summed E-state index contributed by atoms with van der Waals surface area (Å²) in [6.45, 7) is 4.30. The highest BCUT2D eigenvalue weighted by Gasteiger charge is 2.28. The van der Waals surface area contributed by atoms with Crippen LogP contribution in [0.25, 0.3) is 0 Å². The highest BCUT2D eigenvalue weighted by atomic mass is 35.5. The number of piperidine rings is 1. The lowest BCUT2D eigenvalue weighted by atomic mass is 9.95. The second-order valence-corrected chi connectivity index (χ2v) is 9.29. The molecule has 0 spiro atoms. The Hall–Kier alpha value is -2.14. The van der Waals surface area contributed by atoms with Crippen molar-refractivity contribution in [2.24, 2.45) is 0 Å². The lowest BCUT2D eigenvalue weighted by Gasteiger charge is -2.35. The van der Waals surface area contributed by atoms with Crippen molar-refractivity contribution in [1.29, 1.82) is 0 Å². The number of anilines is 1. The zero-order valence-electron chi connectivity index (χ0n) is 17.2. The van der Waals surface area contributed by atoms with Crippen molar-refractivity contribution in [1.82, 2.24) is 4.90 Å². The second-order valence-electron chi connectivity index (χ2n) is 7.72. The molecule has 3 aromatic rings. The molecule has 1 amide bonds. The normalized spacial score (nSPS) is 15.7. The van der Waals surface area contributed by atoms with E-state index in [1.807, 2.05) is 42.5 Å². The Morgan fingerprint density at radius 3 is 2.43 bits per heavy atom. The zero-order valence-corrected chi connectivity index (χ0v) is 18.8. The standard InChI is InChI=1S/C25H27ClN2OS/c1-2-21-17-22(25(30-21)27-24(29)19-9-5-3-6-10-19)23(28-15-7-4-8-16-28)18-11-13-20(26)14-12-18/h3,5-6,9-14,17,23H,2,4,7-8,15-16H2,1H3,(H,27,29). The first-order valence-electron chi connectivity index (χ1n) is 10.6.